The van der Waals surface area contributed by atoms with Crippen LogP contribution < -0.4 is 10.6 Å². The van der Waals surface area contributed by atoms with E-state index < -0.39 is 11.7 Å². The van der Waals surface area contributed by atoms with Gasteiger partial charge in [0.05, 0.1) is 6.54 Å². The lowest BCUT2D eigenvalue weighted by atomic mass is 10.3. The molecule has 0 radical (unpaired) electrons. The number of aromatic nitrogens is 3. The molecule has 7 heteroatoms. The van der Waals surface area contributed by atoms with Crippen molar-refractivity contribution in [2.75, 3.05) is 4.90 Å². The fraction of sp³-hybridized carbons (Fsp3) is 0.154. The zero-order valence-corrected chi connectivity index (χ0v) is 11.9. The van der Waals surface area contributed by atoms with Crippen molar-refractivity contribution >= 4 is 27.6 Å². The van der Waals surface area contributed by atoms with E-state index in [-0.39, 0.29) is 13.1 Å². The highest BCUT2D eigenvalue weighted by atomic mass is 79.9. The molecule has 0 bridgehead atoms. The molecule has 1 amide bonds. The van der Waals surface area contributed by atoms with Gasteiger partial charge >= 0.3 is 11.7 Å². The summed E-state index contributed by atoms with van der Waals surface area (Å²) in [4.78, 5) is 25.8. The molecule has 1 aromatic heterocycles. The van der Waals surface area contributed by atoms with Crippen LogP contribution >= 0.6 is 15.9 Å². The van der Waals surface area contributed by atoms with Crippen LogP contribution in [0.5, 0.6) is 0 Å². The van der Waals surface area contributed by atoms with Gasteiger partial charge in [0.15, 0.2) is 5.82 Å². The maximum Gasteiger partial charge on any atom is 0.355 e. The number of hydrogen-bond donors (Lipinski definition) is 0. The average Bonchev–Trinajstić information content (AvgIpc) is 2.90. The van der Waals surface area contributed by atoms with Crippen molar-refractivity contribution < 1.29 is 4.79 Å². The van der Waals surface area contributed by atoms with Crippen molar-refractivity contribution in [2.24, 2.45) is 0 Å². The van der Waals surface area contributed by atoms with Gasteiger partial charge in [-0.3, -0.25) is 4.90 Å². The third-order valence-corrected chi connectivity index (χ3v) is 3.54. The van der Waals surface area contributed by atoms with Crippen molar-refractivity contribution in [1.29, 1.82) is 0 Å². The minimum absolute atomic E-state index is 0.0599. The summed E-state index contributed by atoms with van der Waals surface area (Å²) in [6, 6.07) is 6.86. The number of terminal acetylenes is 1. The number of fused-ring (bicyclic) bond motifs is 1. The van der Waals surface area contributed by atoms with Crippen LogP contribution in [0.25, 0.3) is 0 Å². The number of halogens is 1. The van der Waals surface area contributed by atoms with Crippen LogP contribution in [-0.4, -0.2) is 20.4 Å². The Kier molecular flexibility index (Phi) is 2.95. The summed E-state index contributed by atoms with van der Waals surface area (Å²) >= 11 is 3.34. The van der Waals surface area contributed by atoms with Crippen LogP contribution in [0.1, 0.15) is 5.82 Å². The smallest absolute Gasteiger partial charge is 0.286 e. The van der Waals surface area contributed by atoms with Gasteiger partial charge in [0.2, 0.25) is 0 Å². The first-order valence-electron chi connectivity index (χ1n) is 5.81. The van der Waals surface area contributed by atoms with Gasteiger partial charge in [-0.25, -0.2) is 14.3 Å². The Labute approximate surface area is 122 Å². The van der Waals surface area contributed by atoms with Gasteiger partial charge in [0, 0.05) is 10.2 Å². The molecular formula is C13H9BrN4O2. The van der Waals surface area contributed by atoms with Crippen molar-refractivity contribution in [2.45, 2.75) is 13.1 Å². The molecular weight excluding hydrogens is 324 g/mol. The molecule has 0 fully saturated rings. The molecule has 20 heavy (non-hydrogen) atoms. The van der Waals surface area contributed by atoms with Gasteiger partial charge in [-0.05, 0) is 24.3 Å². The number of benzene rings is 1. The molecule has 6 nitrogen and oxygen atoms in total. The Morgan fingerprint density at radius 3 is 2.60 bits per heavy atom. The highest BCUT2D eigenvalue weighted by Gasteiger charge is 2.33. The first-order chi connectivity index (χ1) is 9.61. The number of hydrogen-bond acceptors (Lipinski definition) is 3. The lowest BCUT2D eigenvalue weighted by Gasteiger charge is -2.14. The molecule has 3 rings (SSSR count). The first kappa shape index (κ1) is 12.7. The first-order valence-corrected chi connectivity index (χ1v) is 6.61. The Bertz CT molecular complexity index is 782. The molecule has 1 aliphatic rings. The quantitative estimate of drug-likeness (QED) is 0.781. The van der Waals surface area contributed by atoms with Gasteiger partial charge < -0.3 is 0 Å². The lowest BCUT2D eigenvalue weighted by Crippen LogP contribution is -2.34. The van der Waals surface area contributed by atoms with E-state index in [9.17, 15) is 9.59 Å². The van der Waals surface area contributed by atoms with Crippen molar-refractivity contribution in [3.05, 3.63) is 45.0 Å². The van der Waals surface area contributed by atoms with E-state index in [4.69, 9.17) is 6.42 Å². The molecule has 0 saturated carbocycles. The summed E-state index contributed by atoms with van der Waals surface area (Å²) in [6.45, 7) is 0.317. The normalized spacial score (nSPS) is 13.4. The number of nitrogens with zero attached hydrogens (tertiary/aromatic N) is 4. The maximum atomic E-state index is 12.3. The minimum Gasteiger partial charge on any atom is -0.286 e. The highest BCUT2D eigenvalue weighted by Crippen LogP contribution is 2.23. The van der Waals surface area contributed by atoms with Crippen LogP contribution in [0, 0.1) is 12.3 Å². The standard InChI is InChI=1S/C13H9BrN4O2/c1-2-7-17-13(20)18-11(15-17)8-16(12(18)19)10-5-3-9(14)4-6-10/h1,3-6H,7-8H2. The largest absolute Gasteiger partial charge is 0.355 e. The van der Waals surface area contributed by atoms with Crippen LogP contribution in [0.4, 0.5) is 10.5 Å². The van der Waals surface area contributed by atoms with Crippen molar-refractivity contribution in [3.63, 3.8) is 0 Å². The molecule has 2 heterocycles. The van der Waals surface area contributed by atoms with Crippen molar-refractivity contribution in [3.8, 4) is 12.3 Å². The second-order valence-electron chi connectivity index (χ2n) is 4.24. The molecule has 0 aliphatic carbocycles. The highest BCUT2D eigenvalue weighted by molar-refractivity contribution is 9.10. The summed E-state index contributed by atoms with van der Waals surface area (Å²) in [5.41, 5.74) is 0.217. The number of amides is 1. The molecule has 0 atom stereocenters. The SMILES string of the molecule is C#CCn1nc2n(c1=O)C(=O)N(c1ccc(Br)cc1)C2. The van der Waals surface area contributed by atoms with Gasteiger partial charge in [-0.1, -0.05) is 21.9 Å². The van der Waals surface area contributed by atoms with E-state index in [1.54, 1.807) is 12.1 Å². The number of anilines is 1. The lowest BCUT2D eigenvalue weighted by molar-refractivity contribution is 0.250. The van der Waals surface area contributed by atoms with Gasteiger partial charge in [0.25, 0.3) is 0 Å². The zero-order chi connectivity index (χ0) is 14.3. The van der Waals surface area contributed by atoms with Gasteiger partial charge in [0.1, 0.15) is 6.54 Å². The minimum atomic E-state index is -0.498. The third kappa shape index (κ3) is 1.85. The summed E-state index contributed by atoms with van der Waals surface area (Å²) in [6.07, 6.45) is 5.16. The molecule has 100 valence electrons. The molecule has 2 aromatic rings. The Morgan fingerprint density at radius 2 is 2.00 bits per heavy atom. The molecule has 0 N–H and O–H groups in total. The Hall–Kier alpha value is -2.33. The second kappa shape index (κ2) is 4.65. The van der Waals surface area contributed by atoms with Crippen LogP contribution in [0.3, 0.4) is 0 Å². The fourth-order valence-corrected chi connectivity index (χ4v) is 2.35. The van der Waals surface area contributed by atoms with Crippen LogP contribution in [-0.2, 0) is 13.1 Å². The summed E-state index contributed by atoms with van der Waals surface area (Å²) in [5, 5.41) is 4.08. The zero-order valence-electron chi connectivity index (χ0n) is 10.3. The number of carbonyl (C=O) groups excluding carboxylic acids is 1. The Morgan fingerprint density at radius 1 is 1.30 bits per heavy atom. The predicted octanol–water partition coefficient (Wildman–Crippen LogP) is 1.43. The summed E-state index contributed by atoms with van der Waals surface area (Å²) in [7, 11) is 0. The molecule has 1 aromatic carbocycles. The van der Waals surface area contributed by atoms with E-state index >= 15 is 0 Å². The van der Waals surface area contributed by atoms with Gasteiger partial charge in [-0.2, -0.15) is 9.67 Å². The molecule has 0 spiro atoms. The summed E-state index contributed by atoms with van der Waals surface area (Å²) < 4.78 is 3.09. The van der Waals surface area contributed by atoms with E-state index in [2.05, 4.69) is 26.9 Å². The summed E-state index contributed by atoms with van der Waals surface area (Å²) in [5.74, 6) is 2.74. The van der Waals surface area contributed by atoms with Crippen LogP contribution in [0.2, 0.25) is 0 Å². The maximum absolute atomic E-state index is 12.3. The van der Waals surface area contributed by atoms with E-state index in [0.717, 1.165) is 13.7 Å². The van der Waals surface area contributed by atoms with Gasteiger partial charge in [-0.15, -0.1) is 6.42 Å². The van der Waals surface area contributed by atoms with E-state index in [1.807, 2.05) is 12.1 Å². The topological polar surface area (TPSA) is 60.1 Å². The second-order valence-corrected chi connectivity index (χ2v) is 5.16. The van der Waals surface area contributed by atoms with Crippen LogP contribution in [0.15, 0.2) is 33.5 Å². The monoisotopic (exact) mass is 332 g/mol. The predicted molar refractivity (Wildman–Crippen MR) is 76.4 cm³/mol. The molecule has 1 aliphatic heterocycles. The van der Waals surface area contributed by atoms with E-state index in [0.29, 0.717) is 11.5 Å². The molecule has 0 unspecified atom stereocenters. The number of carbonyl (C=O) groups is 1. The van der Waals surface area contributed by atoms with E-state index in [1.165, 1.54) is 4.90 Å². The van der Waals surface area contributed by atoms with Crippen molar-refractivity contribution in [1.82, 2.24) is 14.3 Å². The fourth-order valence-electron chi connectivity index (χ4n) is 2.09. The molecule has 0 saturated heterocycles. The third-order valence-electron chi connectivity index (χ3n) is 3.01. The number of rotatable bonds is 2. The average molecular weight is 333 g/mol. The Balaban J connectivity index is 1.98.